The maximum atomic E-state index is 12.8. The molecule has 1 aliphatic carbocycles. The summed E-state index contributed by atoms with van der Waals surface area (Å²) in [6, 6.07) is 5.63. The van der Waals surface area contributed by atoms with Crippen LogP contribution in [0.2, 0.25) is 0 Å². The molecule has 9 heteroatoms. The van der Waals surface area contributed by atoms with Gasteiger partial charge < -0.3 is 14.8 Å². The van der Waals surface area contributed by atoms with E-state index in [2.05, 4.69) is 5.32 Å². The van der Waals surface area contributed by atoms with Gasteiger partial charge in [-0.2, -0.15) is 4.31 Å². The highest BCUT2D eigenvalue weighted by molar-refractivity contribution is 7.89. The highest BCUT2D eigenvalue weighted by Gasteiger charge is 2.32. The van der Waals surface area contributed by atoms with Gasteiger partial charge in [-0.3, -0.25) is 4.79 Å². The van der Waals surface area contributed by atoms with E-state index in [1.807, 2.05) is 20.8 Å². The Morgan fingerprint density at radius 3 is 2.31 bits per heavy atom. The predicted molar refractivity (Wildman–Crippen MR) is 106 cm³/mol. The van der Waals surface area contributed by atoms with Gasteiger partial charge in [0, 0.05) is 19.1 Å². The van der Waals surface area contributed by atoms with E-state index in [0.717, 1.165) is 12.8 Å². The van der Waals surface area contributed by atoms with Crippen LogP contribution in [0.3, 0.4) is 0 Å². The lowest BCUT2D eigenvalue weighted by molar-refractivity contribution is -0.124. The van der Waals surface area contributed by atoms with Gasteiger partial charge in [-0.05, 0) is 63.8 Å². The number of ether oxygens (including phenoxy) is 2. The second-order valence-corrected chi connectivity index (χ2v) is 9.81. The van der Waals surface area contributed by atoms with E-state index in [1.165, 1.54) is 28.6 Å². The van der Waals surface area contributed by atoms with Crippen LogP contribution in [0.15, 0.2) is 29.2 Å². The second-order valence-electron chi connectivity index (χ2n) is 7.87. The van der Waals surface area contributed by atoms with Gasteiger partial charge in [0.05, 0.1) is 22.7 Å². The number of carbonyl (C=O) groups is 2. The molecule has 160 valence electrons. The third-order valence-corrected chi connectivity index (χ3v) is 7.01. The summed E-state index contributed by atoms with van der Waals surface area (Å²) >= 11 is 0. The van der Waals surface area contributed by atoms with Crippen LogP contribution in [-0.4, -0.2) is 62.5 Å². The highest BCUT2D eigenvalue weighted by Crippen LogP contribution is 2.32. The first-order valence-electron chi connectivity index (χ1n) is 9.89. The molecule has 0 unspecified atom stereocenters. The smallest absolute Gasteiger partial charge is 0.338 e. The number of morpholine rings is 1. The number of nitrogens with one attached hydrogen (secondary N) is 1. The van der Waals surface area contributed by atoms with Crippen LogP contribution < -0.4 is 5.32 Å². The summed E-state index contributed by atoms with van der Waals surface area (Å²) in [6.45, 7) is 5.80. The monoisotopic (exact) mass is 424 g/mol. The fourth-order valence-electron chi connectivity index (χ4n) is 3.46. The predicted octanol–water partition coefficient (Wildman–Crippen LogP) is 1.56. The Morgan fingerprint density at radius 1 is 1.17 bits per heavy atom. The number of benzene rings is 1. The SMILES string of the molecule is C[C@@H]1CN(S(=O)(=O)c2ccc(C(=O)OCC(=O)N[C@@H](C)C3CC3)cc2)C[C@H](C)O1. The van der Waals surface area contributed by atoms with Crippen molar-refractivity contribution in [3.8, 4) is 0 Å². The molecule has 0 radical (unpaired) electrons. The lowest BCUT2D eigenvalue weighted by atomic mass is 10.2. The maximum Gasteiger partial charge on any atom is 0.338 e. The number of hydrogen-bond donors (Lipinski definition) is 1. The molecule has 0 spiro atoms. The molecule has 29 heavy (non-hydrogen) atoms. The quantitative estimate of drug-likeness (QED) is 0.667. The van der Waals surface area contributed by atoms with Crippen molar-refractivity contribution in [2.24, 2.45) is 5.92 Å². The van der Waals surface area contributed by atoms with Crippen molar-refractivity contribution in [3.63, 3.8) is 0 Å². The minimum atomic E-state index is -3.67. The molecule has 0 bridgehead atoms. The normalized spacial score (nSPS) is 24.0. The summed E-state index contributed by atoms with van der Waals surface area (Å²) in [5.41, 5.74) is 0.190. The number of amides is 1. The number of hydrogen-bond acceptors (Lipinski definition) is 6. The van der Waals surface area contributed by atoms with Crippen molar-refractivity contribution < 1.29 is 27.5 Å². The summed E-state index contributed by atoms with van der Waals surface area (Å²) < 4.78 is 37.7. The first kappa shape index (κ1) is 21.7. The van der Waals surface area contributed by atoms with Crippen LogP contribution >= 0.6 is 0 Å². The lowest BCUT2D eigenvalue weighted by Gasteiger charge is -2.34. The fraction of sp³-hybridized carbons (Fsp3) is 0.600. The van der Waals surface area contributed by atoms with Crippen molar-refractivity contribution in [1.29, 1.82) is 0 Å². The van der Waals surface area contributed by atoms with Crippen LogP contribution in [0.4, 0.5) is 0 Å². The number of carbonyl (C=O) groups excluding carboxylic acids is 2. The average molecular weight is 425 g/mol. The lowest BCUT2D eigenvalue weighted by Crippen LogP contribution is -2.48. The molecule has 1 saturated carbocycles. The van der Waals surface area contributed by atoms with Gasteiger partial charge in [0.1, 0.15) is 0 Å². The molecule has 1 aromatic carbocycles. The van der Waals surface area contributed by atoms with Gasteiger partial charge in [-0.15, -0.1) is 0 Å². The molecule has 3 rings (SSSR count). The van der Waals surface area contributed by atoms with Crippen molar-refractivity contribution in [3.05, 3.63) is 29.8 Å². The molecule has 1 N–H and O–H groups in total. The fourth-order valence-corrected chi connectivity index (χ4v) is 5.05. The van der Waals surface area contributed by atoms with Crippen molar-refractivity contribution in [2.75, 3.05) is 19.7 Å². The largest absolute Gasteiger partial charge is 0.452 e. The zero-order valence-electron chi connectivity index (χ0n) is 17.0. The van der Waals surface area contributed by atoms with Crippen LogP contribution in [-0.2, 0) is 24.3 Å². The molecule has 1 aliphatic heterocycles. The molecule has 8 nitrogen and oxygen atoms in total. The summed E-state index contributed by atoms with van der Waals surface area (Å²) in [7, 11) is -3.67. The minimum Gasteiger partial charge on any atom is -0.452 e. The van der Waals surface area contributed by atoms with E-state index < -0.39 is 16.0 Å². The first-order valence-corrected chi connectivity index (χ1v) is 11.3. The topological polar surface area (TPSA) is 102 Å². The molecular formula is C20H28N2O6S. The maximum absolute atomic E-state index is 12.8. The van der Waals surface area contributed by atoms with E-state index >= 15 is 0 Å². The number of rotatable bonds is 7. The Kier molecular flexibility index (Phi) is 6.60. The van der Waals surface area contributed by atoms with Gasteiger partial charge in [0.15, 0.2) is 6.61 Å². The second kappa shape index (κ2) is 8.81. The van der Waals surface area contributed by atoms with E-state index in [-0.39, 0.29) is 54.3 Å². The minimum absolute atomic E-state index is 0.0799. The summed E-state index contributed by atoms with van der Waals surface area (Å²) in [5, 5.41) is 2.81. The molecule has 1 aromatic rings. The summed E-state index contributed by atoms with van der Waals surface area (Å²) in [6.07, 6.45) is 1.85. The molecule has 1 amide bonds. The Labute approximate surface area is 171 Å². The Balaban J connectivity index is 1.57. The van der Waals surface area contributed by atoms with Gasteiger partial charge in [0.2, 0.25) is 10.0 Å². The number of esters is 1. The molecular weight excluding hydrogens is 396 g/mol. The highest BCUT2D eigenvalue weighted by atomic mass is 32.2. The molecule has 1 saturated heterocycles. The Bertz CT molecular complexity index is 840. The third kappa shape index (κ3) is 5.55. The van der Waals surface area contributed by atoms with E-state index in [9.17, 15) is 18.0 Å². The standard InChI is InChI=1S/C20H28N2O6S/c1-13-10-22(11-14(2)28-13)29(25,26)18-8-6-17(7-9-18)20(24)27-12-19(23)21-15(3)16-4-5-16/h6-9,13-16H,4-5,10-12H2,1-3H3,(H,21,23)/t13-,14+,15-/m0/s1. The van der Waals surface area contributed by atoms with Crippen molar-refractivity contribution in [2.45, 2.75) is 56.8 Å². The third-order valence-electron chi connectivity index (χ3n) is 5.17. The van der Waals surface area contributed by atoms with Crippen molar-refractivity contribution in [1.82, 2.24) is 9.62 Å². The zero-order valence-corrected chi connectivity index (χ0v) is 17.8. The van der Waals surface area contributed by atoms with Crippen LogP contribution in [0, 0.1) is 5.92 Å². The van der Waals surface area contributed by atoms with Gasteiger partial charge in [0.25, 0.3) is 5.91 Å². The Morgan fingerprint density at radius 2 is 1.76 bits per heavy atom. The van der Waals surface area contributed by atoms with Gasteiger partial charge in [-0.25, -0.2) is 13.2 Å². The number of nitrogens with zero attached hydrogens (tertiary/aromatic N) is 1. The van der Waals surface area contributed by atoms with E-state index in [4.69, 9.17) is 9.47 Å². The first-order chi connectivity index (χ1) is 13.7. The van der Waals surface area contributed by atoms with E-state index in [1.54, 1.807) is 0 Å². The molecule has 1 heterocycles. The van der Waals surface area contributed by atoms with Crippen LogP contribution in [0.5, 0.6) is 0 Å². The van der Waals surface area contributed by atoms with Gasteiger partial charge >= 0.3 is 5.97 Å². The zero-order chi connectivity index (χ0) is 21.2. The molecule has 2 aliphatic rings. The summed E-state index contributed by atoms with van der Waals surface area (Å²) in [5.74, 6) is -0.495. The number of sulfonamides is 1. The Hall–Kier alpha value is -1.97. The molecule has 2 fully saturated rings. The summed E-state index contributed by atoms with van der Waals surface area (Å²) in [4.78, 5) is 24.1. The van der Waals surface area contributed by atoms with Gasteiger partial charge in [-0.1, -0.05) is 0 Å². The van der Waals surface area contributed by atoms with Crippen LogP contribution in [0.1, 0.15) is 44.0 Å². The van der Waals surface area contributed by atoms with Crippen molar-refractivity contribution >= 4 is 21.9 Å². The van der Waals surface area contributed by atoms with E-state index in [0.29, 0.717) is 5.92 Å². The average Bonchev–Trinajstić information content (AvgIpc) is 3.51. The van der Waals surface area contributed by atoms with Crippen LogP contribution in [0.25, 0.3) is 0 Å². The molecule has 3 atom stereocenters. The molecule has 0 aromatic heterocycles.